The van der Waals surface area contributed by atoms with Crippen molar-refractivity contribution in [3.63, 3.8) is 0 Å². The maximum atomic E-state index is 11.5. The standard InChI is InChI=1S/C13H25NO3/c1-9(2)13(12(15)16)6-7-14(8-13)10(3)11(4)17-5/h9-11H,6-8H2,1-5H3,(H,15,16). The highest BCUT2D eigenvalue weighted by Crippen LogP contribution is 2.39. The molecule has 4 nitrogen and oxygen atoms in total. The monoisotopic (exact) mass is 243 g/mol. The van der Waals surface area contributed by atoms with Crippen molar-refractivity contribution in [2.75, 3.05) is 20.2 Å². The van der Waals surface area contributed by atoms with Gasteiger partial charge in [-0.2, -0.15) is 0 Å². The van der Waals surface area contributed by atoms with Crippen molar-refractivity contribution in [3.8, 4) is 0 Å². The number of hydrogen-bond donors (Lipinski definition) is 1. The average molecular weight is 243 g/mol. The van der Waals surface area contributed by atoms with E-state index in [4.69, 9.17) is 4.74 Å². The maximum Gasteiger partial charge on any atom is 0.311 e. The Morgan fingerprint density at radius 3 is 2.29 bits per heavy atom. The lowest BCUT2D eigenvalue weighted by Gasteiger charge is -2.32. The SMILES string of the molecule is COC(C)C(C)N1CCC(C(=O)O)(C(C)C)C1. The van der Waals surface area contributed by atoms with Crippen LogP contribution in [0.1, 0.15) is 34.1 Å². The average Bonchev–Trinajstić information content (AvgIpc) is 2.73. The first-order chi connectivity index (χ1) is 7.85. The van der Waals surface area contributed by atoms with E-state index in [-0.39, 0.29) is 18.1 Å². The van der Waals surface area contributed by atoms with Gasteiger partial charge in [-0.15, -0.1) is 0 Å². The van der Waals surface area contributed by atoms with E-state index in [0.717, 1.165) is 13.0 Å². The van der Waals surface area contributed by atoms with Crippen LogP contribution in [-0.4, -0.2) is 48.3 Å². The first-order valence-electron chi connectivity index (χ1n) is 6.35. The Bertz CT molecular complexity index is 280. The molecule has 0 spiro atoms. The molecule has 0 amide bonds. The van der Waals surface area contributed by atoms with Gasteiger partial charge in [-0.3, -0.25) is 9.69 Å². The molecule has 0 aromatic rings. The second kappa shape index (κ2) is 5.36. The van der Waals surface area contributed by atoms with E-state index in [1.807, 2.05) is 20.8 Å². The molecular formula is C13H25NO3. The van der Waals surface area contributed by atoms with Gasteiger partial charge in [0.2, 0.25) is 0 Å². The normalized spacial score (nSPS) is 29.5. The second-order valence-electron chi connectivity index (χ2n) is 5.52. The number of methoxy groups -OCH3 is 1. The van der Waals surface area contributed by atoms with Crippen LogP contribution in [0.4, 0.5) is 0 Å². The zero-order valence-corrected chi connectivity index (χ0v) is 11.6. The molecule has 1 aliphatic rings. The third kappa shape index (κ3) is 2.63. The van der Waals surface area contributed by atoms with Crippen molar-refractivity contribution in [1.82, 2.24) is 4.90 Å². The van der Waals surface area contributed by atoms with Crippen LogP contribution in [0.15, 0.2) is 0 Å². The summed E-state index contributed by atoms with van der Waals surface area (Å²) in [5.41, 5.74) is -0.582. The van der Waals surface area contributed by atoms with Gasteiger partial charge in [0.15, 0.2) is 0 Å². The topological polar surface area (TPSA) is 49.8 Å². The van der Waals surface area contributed by atoms with Gasteiger partial charge in [-0.1, -0.05) is 13.8 Å². The molecule has 0 aromatic heterocycles. The molecule has 0 radical (unpaired) electrons. The molecule has 3 atom stereocenters. The van der Waals surface area contributed by atoms with Crippen LogP contribution in [0.2, 0.25) is 0 Å². The Kier molecular flexibility index (Phi) is 4.55. The fourth-order valence-electron chi connectivity index (χ4n) is 2.60. The molecule has 1 fully saturated rings. The molecule has 0 bridgehead atoms. The third-order valence-electron chi connectivity index (χ3n) is 4.49. The van der Waals surface area contributed by atoms with E-state index in [2.05, 4.69) is 11.8 Å². The predicted octanol–water partition coefficient (Wildman–Crippen LogP) is 1.84. The van der Waals surface area contributed by atoms with Crippen LogP contribution < -0.4 is 0 Å². The van der Waals surface area contributed by atoms with Crippen molar-refractivity contribution in [3.05, 3.63) is 0 Å². The number of aliphatic carboxylic acids is 1. The van der Waals surface area contributed by atoms with E-state index in [1.165, 1.54) is 0 Å². The highest BCUT2D eigenvalue weighted by Gasteiger charge is 2.48. The van der Waals surface area contributed by atoms with Gasteiger partial charge in [-0.05, 0) is 32.7 Å². The van der Waals surface area contributed by atoms with E-state index in [9.17, 15) is 9.90 Å². The Morgan fingerprint density at radius 2 is 1.94 bits per heavy atom. The summed E-state index contributed by atoms with van der Waals surface area (Å²) >= 11 is 0. The second-order valence-corrected chi connectivity index (χ2v) is 5.52. The summed E-state index contributed by atoms with van der Waals surface area (Å²) in [6.45, 7) is 9.62. The summed E-state index contributed by atoms with van der Waals surface area (Å²) in [6, 6.07) is 0.264. The van der Waals surface area contributed by atoms with Gasteiger partial charge < -0.3 is 9.84 Å². The molecule has 1 aliphatic heterocycles. The van der Waals surface area contributed by atoms with Crippen LogP contribution in [-0.2, 0) is 9.53 Å². The first kappa shape index (κ1) is 14.5. The smallest absolute Gasteiger partial charge is 0.311 e. The number of nitrogens with zero attached hydrogens (tertiary/aromatic N) is 1. The molecule has 1 N–H and O–H groups in total. The largest absolute Gasteiger partial charge is 0.481 e. The maximum absolute atomic E-state index is 11.5. The van der Waals surface area contributed by atoms with Gasteiger partial charge >= 0.3 is 5.97 Å². The summed E-state index contributed by atoms with van der Waals surface area (Å²) in [7, 11) is 1.70. The lowest BCUT2D eigenvalue weighted by atomic mass is 9.76. The third-order valence-corrected chi connectivity index (χ3v) is 4.49. The summed E-state index contributed by atoms with van der Waals surface area (Å²) in [5, 5.41) is 9.47. The highest BCUT2D eigenvalue weighted by molar-refractivity contribution is 5.75. The molecule has 1 saturated heterocycles. The molecule has 3 unspecified atom stereocenters. The summed E-state index contributed by atoms with van der Waals surface area (Å²) in [4.78, 5) is 13.8. The van der Waals surface area contributed by atoms with Crippen LogP contribution in [0.3, 0.4) is 0 Å². The first-order valence-corrected chi connectivity index (χ1v) is 6.35. The molecule has 17 heavy (non-hydrogen) atoms. The van der Waals surface area contributed by atoms with Crippen molar-refractivity contribution in [2.24, 2.45) is 11.3 Å². The Morgan fingerprint density at radius 1 is 1.35 bits per heavy atom. The quantitative estimate of drug-likeness (QED) is 0.800. The number of rotatable bonds is 5. The van der Waals surface area contributed by atoms with Crippen LogP contribution in [0.25, 0.3) is 0 Å². The molecule has 1 rings (SSSR count). The number of likely N-dealkylation sites (tertiary alicyclic amines) is 1. The van der Waals surface area contributed by atoms with Crippen LogP contribution in [0.5, 0.6) is 0 Å². The van der Waals surface area contributed by atoms with E-state index in [0.29, 0.717) is 6.54 Å². The van der Waals surface area contributed by atoms with Crippen LogP contribution >= 0.6 is 0 Å². The molecule has 100 valence electrons. The fourth-order valence-corrected chi connectivity index (χ4v) is 2.60. The zero-order chi connectivity index (χ0) is 13.2. The van der Waals surface area contributed by atoms with Gasteiger partial charge in [-0.25, -0.2) is 0 Å². The Labute approximate surface area is 104 Å². The van der Waals surface area contributed by atoms with Crippen molar-refractivity contribution >= 4 is 5.97 Å². The minimum Gasteiger partial charge on any atom is -0.481 e. The number of ether oxygens (including phenoxy) is 1. The molecule has 0 aromatic carbocycles. The zero-order valence-electron chi connectivity index (χ0n) is 11.6. The predicted molar refractivity (Wildman–Crippen MR) is 67.0 cm³/mol. The highest BCUT2D eigenvalue weighted by atomic mass is 16.5. The van der Waals surface area contributed by atoms with Crippen molar-refractivity contribution in [1.29, 1.82) is 0 Å². The molecular weight excluding hydrogens is 218 g/mol. The van der Waals surface area contributed by atoms with E-state index >= 15 is 0 Å². The van der Waals surface area contributed by atoms with Crippen molar-refractivity contribution in [2.45, 2.75) is 46.3 Å². The molecule has 0 saturated carbocycles. The minimum absolute atomic E-state index is 0.131. The number of carbonyl (C=O) groups is 1. The van der Waals surface area contributed by atoms with Gasteiger partial charge in [0.25, 0.3) is 0 Å². The molecule has 1 heterocycles. The van der Waals surface area contributed by atoms with E-state index in [1.54, 1.807) is 7.11 Å². The Hall–Kier alpha value is -0.610. The summed E-state index contributed by atoms with van der Waals surface area (Å²) in [6.07, 6.45) is 0.868. The lowest BCUT2D eigenvalue weighted by Crippen LogP contribution is -2.44. The number of carboxylic acid groups (broad SMARTS) is 1. The van der Waals surface area contributed by atoms with E-state index < -0.39 is 11.4 Å². The minimum atomic E-state index is -0.660. The number of hydrogen-bond acceptors (Lipinski definition) is 3. The lowest BCUT2D eigenvalue weighted by molar-refractivity contribution is -0.151. The van der Waals surface area contributed by atoms with Gasteiger partial charge in [0.1, 0.15) is 0 Å². The number of carboxylic acids is 1. The summed E-state index contributed by atoms with van der Waals surface area (Å²) < 4.78 is 5.32. The summed E-state index contributed by atoms with van der Waals surface area (Å²) in [5.74, 6) is -0.498. The van der Waals surface area contributed by atoms with Gasteiger partial charge in [0.05, 0.1) is 11.5 Å². The Balaban J connectivity index is 2.77. The molecule has 4 heteroatoms. The van der Waals surface area contributed by atoms with Crippen molar-refractivity contribution < 1.29 is 14.6 Å². The molecule has 0 aliphatic carbocycles. The fraction of sp³-hybridized carbons (Fsp3) is 0.923. The van der Waals surface area contributed by atoms with Gasteiger partial charge in [0, 0.05) is 19.7 Å². The van der Waals surface area contributed by atoms with Crippen LogP contribution in [0, 0.1) is 11.3 Å².